The summed E-state index contributed by atoms with van der Waals surface area (Å²) in [5.74, 6) is -1.11. The minimum absolute atomic E-state index is 0.232. The molecule has 1 aromatic heterocycles. The van der Waals surface area contributed by atoms with Crippen LogP contribution in [0, 0.1) is 5.82 Å². The molecule has 1 unspecified atom stereocenters. The van der Waals surface area contributed by atoms with Crippen LogP contribution in [0.1, 0.15) is 23.5 Å². The second-order valence-corrected chi connectivity index (χ2v) is 5.63. The Balaban J connectivity index is 2.24. The molecule has 0 fully saturated rings. The number of nitrogen functional groups attached to an aromatic ring is 1. The number of thiophene rings is 1. The third kappa shape index (κ3) is 3.13. The van der Waals surface area contributed by atoms with Crippen molar-refractivity contribution in [1.29, 1.82) is 0 Å². The SMILES string of the molecule is CCNC(=O)C(C)NC(=O)c1sc2ccc(F)cc2c1N. The standard InChI is InChI=1S/C14H16FN3O2S/c1-3-17-13(19)7(2)18-14(20)12-11(16)9-6-8(15)4-5-10(9)21-12/h4-7H,3,16H2,1-2H3,(H,17,19)(H,18,20). The molecular weight excluding hydrogens is 293 g/mol. The number of carbonyl (C=O) groups is 2. The van der Waals surface area contributed by atoms with Crippen LogP contribution in [0.2, 0.25) is 0 Å². The first kappa shape index (κ1) is 15.2. The lowest BCUT2D eigenvalue weighted by Gasteiger charge is -2.12. The maximum absolute atomic E-state index is 13.2. The lowest BCUT2D eigenvalue weighted by molar-refractivity contribution is -0.122. The zero-order valence-corrected chi connectivity index (χ0v) is 12.5. The van der Waals surface area contributed by atoms with Gasteiger partial charge in [0.15, 0.2) is 0 Å². The van der Waals surface area contributed by atoms with Gasteiger partial charge in [-0.05, 0) is 32.0 Å². The summed E-state index contributed by atoms with van der Waals surface area (Å²) in [6.45, 7) is 3.88. The third-order valence-electron chi connectivity index (χ3n) is 2.99. The fourth-order valence-electron chi connectivity index (χ4n) is 1.91. The van der Waals surface area contributed by atoms with Crippen molar-refractivity contribution in [3.63, 3.8) is 0 Å². The van der Waals surface area contributed by atoms with Crippen LogP contribution >= 0.6 is 11.3 Å². The Morgan fingerprint density at radius 3 is 2.81 bits per heavy atom. The Bertz CT molecular complexity index is 699. The lowest BCUT2D eigenvalue weighted by Crippen LogP contribution is -2.44. The Hall–Kier alpha value is -2.15. The Morgan fingerprint density at radius 1 is 1.43 bits per heavy atom. The van der Waals surface area contributed by atoms with E-state index in [0.29, 0.717) is 11.9 Å². The van der Waals surface area contributed by atoms with Crippen molar-refractivity contribution in [2.45, 2.75) is 19.9 Å². The van der Waals surface area contributed by atoms with Crippen LogP contribution < -0.4 is 16.4 Å². The van der Waals surface area contributed by atoms with E-state index in [2.05, 4.69) is 10.6 Å². The molecule has 0 radical (unpaired) electrons. The highest BCUT2D eigenvalue weighted by Crippen LogP contribution is 2.33. The smallest absolute Gasteiger partial charge is 0.264 e. The van der Waals surface area contributed by atoms with Gasteiger partial charge in [-0.15, -0.1) is 11.3 Å². The maximum Gasteiger partial charge on any atom is 0.264 e. The van der Waals surface area contributed by atoms with Gasteiger partial charge in [-0.25, -0.2) is 4.39 Å². The number of nitrogens with two attached hydrogens (primary N) is 1. The highest BCUT2D eigenvalue weighted by molar-refractivity contribution is 7.21. The van der Waals surface area contributed by atoms with Crippen LogP contribution in [0.5, 0.6) is 0 Å². The van der Waals surface area contributed by atoms with Crippen LogP contribution in [-0.2, 0) is 4.79 Å². The van der Waals surface area contributed by atoms with Crippen molar-refractivity contribution < 1.29 is 14.0 Å². The van der Waals surface area contributed by atoms with Gasteiger partial charge in [0, 0.05) is 16.6 Å². The molecule has 0 saturated heterocycles. The molecule has 1 atom stereocenters. The van der Waals surface area contributed by atoms with Crippen LogP contribution in [0.4, 0.5) is 10.1 Å². The van der Waals surface area contributed by atoms with Crippen molar-refractivity contribution in [2.75, 3.05) is 12.3 Å². The number of hydrogen-bond donors (Lipinski definition) is 3. The van der Waals surface area contributed by atoms with Gasteiger partial charge in [0.1, 0.15) is 16.7 Å². The van der Waals surface area contributed by atoms with Crippen molar-refractivity contribution in [1.82, 2.24) is 10.6 Å². The summed E-state index contributed by atoms with van der Waals surface area (Å²) in [6.07, 6.45) is 0. The van der Waals surface area contributed by atoms with E-state index < -0.39 is 17.8 Å². The average molecular weight is 309 g/mol. The van der Waals surface area contributed by atoms with Crippen LogP contribution in [-0.4, -0.2) is 24.4 Å². The molecule has 5 nitrogen and oxygen atoms in total. The monoisotopic (exact) mass is 309 g/mol. The van der Waals surface area contributed by atoms with E-state index in [1.165, 1.54) is 23.5 Å². The van der Waals surface area contributed by atoms with E-state index in [0.717, 1.165) is 4.70 Å². The Morgan fingerprint density at radius 2 is 2.14 bits per heavy atom. The molecule has 0 aliphatic carbocycles. The number of rotatable bonds is 4. The molecule has 112 valence electrons. The number of likely N-dealkylation sites (N-methyl/N-ethyl adjacent to an activating group) is 1. The maximum atomic E-state index is 13.2. The Labute approximate surface area is 125 Å². The quantitative estimate of drug-likeness (QED) is 0.806. The molecular formula is C14H16FN3O2S. The van der Waals surface area contributed by atoms with Crippen molar-refractivity contribution >= 4 is 38.9 Å². The summed E-state index contributed by atoms with van der Waals surface area (Å²) in [7, 11) is 0. The number of carbonyl (C=O) groups excluding carboxylic acids is 2. The van der Waals surface area contributed by atoms with E-state index in [9.17, 15) is 14.0 Å². The van der Waals surface area contributed by atoms with E-state index in [-0.39, 0.29) is 16.5 Å². The van der Waals surface area contributed by atoms with Gasteiger partial charge in [0.05, 0.1) is 5.69 Å². The van der Waals surface area contributed by atoms with Crippen molar-refractivity contribution in [3.8, 4) is 0 Å². The normalized spacial score (nSPS) is 12.1. The van der Waals surface area contributed by atoms with Gasteiger partial charge >= 0.3 is 0 Å². The summed E-state index contributed by atoms with van der Waals surface area (Å²) in [6, 6.07) is 3.52. The first-order chi connectivity index (χ1) is 9.93. The summed E-state index contributed by atoms with van der Waals surface area (Å²) in [5, 5.41) is 5.71. The third-order valence-corrected chi connectivity index (χ3v) is 4.17. The second-order valence-electron chi connectivity index (χ2n) is 4.58. The zero-order valence-electron chi connectivity index (χ0n) is 11.7. The number of benzene rings is 1. The topological polar surface area (TPSA) is 84.2 Å². The molecule has 2 rings (SSSR count). The predicted octanol–water partition coefficient (Wildman–Crippen LogP) is 1.88. The first-order valence-corrected chi connectivity index (χ1v) is 7.31. The highest BCUT2D eigenvalue weighted by atomic mass is 32.1. The predicted molar refractivity (Wildman–Crippen MR) is 81.8 cm³/mol. The molecule has 0 saturated carbocycles. The summed E-state index contributed by atoms with van der Waals surface area (Å²) in [4.78, 5) is 24.1. The van der Waals surface area contributed by atoms with Gasteiger partial charge in [0.2, 0.25) is 5.91 Å². The van der Waals surface area contributed by atoms with Gasteiger partial charge in [-0.1, -0.05) is 0 Å². The fraction of sp³-hybridized carbons (Fsp3) is 0.286. The van der Waals surface area contributed by atoms with E-state index in [4.69, 9.17) is 5.73 Å². The number of nitrogens with one attached hydrogen (secondary N) is 2. The molecule has 1 heterocycles. The van der Waals surface area contributed by atoms with Gasteiger partial charge in [-0.3, -0.25) is 9.59 Å². The van der Waals surface area contributed by atoms with Crippen LogP contribution in [0.25, 0.3) is 10.1 Å². The lowest BCUT2D eigenvalue weighted by atomic mass is 10.2. The molecule has 21 heavy (non-hydrogen) atoms. The van der Waals surface area contributed by atoms with Crippen LogP contribution in [0.15, 0.2) is 18.2 Å². The Kier molecular flexibility index (Phi) is 4.42. The highest BCUT2D eigenvalue weighted by Gasteiger charge is 2.20. The largest absolute Gasteiger partial charge is 0.397 e. The minimum Gasteiger partial charge on any atom is -0.397 e. The first-order valence-electron chi connectivity index (χ1n) is 6.50. The minimum atomic E-state index is -0.668. The van der Waals surface area contributed by atoms with E-state index in [1.807, 2.05) is 0 Å². The van der Waals surface area contributed by atoms with Crippen LogP contribution in [0.3, 0.4) is 0 Å². The summed E-state index contributed by atoms with van der Waals surface area (Å²) < 4.78 is 13.9. The van der Waals surface area contributed by atoms with Crippen molar-refractivity contribution in [2.24, 2.45) is 0 Å². The number of hydrogen-bond acceptors (Lipinski definition) is 4. The van der Waals surface area contributed by atoms with E-state index >= 15 is 0 Å². The second kappa shape index (κ2) is 6.09. The zero-order chi connectivity index (χ0) is 15.6. The summed E-state index contributed by atoms with van der Waals surface area (Å²) in [5.41, 5.74) is 6.13. The number of halogens is 1. The van der Waals surface area contributed by atoms with Crippen molar-refractivity contribution in [3.05, 3.63) is 28.9 Å². The average Bonchev–Trinajstić information content (AvgIpc) is 2.76. The molecule has 7 heteroatoms. The molecule has 2 aromatic rings. The number of fused-ring (bicyclic) bond motifs is 1. The molecule has 1 aromatic carbocycles. The van der Waals surface area contributed by atoms with Gasteiger partial charge in [0.25, 0.3) is 5.91 Å². The fourth-order valence-corrected chi connectivity index (χ4v) is 2.92. The number of anilines is 1. The molecule has 0 bridgehead atoms. The van der Waals surface area contributed by atoms with Gasteiger partial charge in [-0.2, -0.15) is 0 Å². The molecule has 0 spiro atoms. The number of amides is 2. The van der Waals surface area contributed by atoms with E-state index in [1.54, 1.807) is 19.9 Å². The molecule has 0 aliphatic heterocycles. The molecule has 4 N–H and O–H groups in total. The van der Waals surface area contributed by atoms with Gasteiger partial charge < -0.3 is 16.4 Å². The summed E-state index contributed by atoms with van der Waals surface area (Å²) >= 11 is 1.17. The molecule has 0 aliphatic rings. The molecule has 2 amide bonds.